The van der Waals surface area contributed by atoms with Crippen molar-refractivity contribution < 1.29 is 9.53 Å². The second-order valence-electron chi connectivity index (χ2n) is 4.97. The molecule has 1 aromatic carbocycles. The number of carbonyl (C=O) groups excluding carboxylic acids is 1. The molecule has 106 valence electrons. The van der Waals surface area contributed by atoms with Crippen LogP contribution in [0.5, 0.6) is 0 Å². The number of amides is 1. The van der Waals surface area contributed by atoms with E-state index in [1.165, 1.54) is 0 Å². The number of nitrogens with two attached hydrogens (primary N) is 1. The maximum Gasteiger partial charge on any atom is 0.252 e. The molecule has 3 N–H and O–H groups in total. The summed E-state index contributed by atoms with van der Waals surface area (Å²) in [6.45, 7) is 0.823. The van der Waals surface area contributed by atoms with Crippen LogP contribution in [0.4, 0.5) is 0 Å². The van der Waals surface area contributed by atoms with Gasteiger partial charge in [0.1, 0.15) is 0 Å². The molecule has 0 saturated heterocycles. The average Bonchev–Trinajstić information content (AvgIpc) is 2.44. The summed E-state index contributed by atoms with van der Waals surface area (Å²) >= 11 is 0. The van der Waals surface area contributed by atoms with E-state index in [0.717, 1.165) is 19.3 Å². The third-order valence-corrected chi connectivity index (χ3v) is 3.77. The quantitative estimate of drug-likeness (QED) is 0.812. The molecule has 20 heavy (non-hydrogen) atoms. The summed E-state index contributed by atoms with van der Waals surface area (Å²) < 4.78 is 5.50. The Hall–Kier alpha value is -1.83. The highest BCUT2D eigenvalue weighted by Crippen LogP contribution is 2.34. The Morgan fingerprint density at radius 3 is 2.80 bits per heavy atom. The van der Waals surface area contributed by atoms with E-state index in [1.54, 1.807) is 13.2 Å². The van der Waals surface area contributed by atoms with Crippen molar-refractivity contribution in [1.82, 2.24) is 5.32 Å². The van der Waals surface area contributed by atoms with Crippen LogP contribution in [0.3, 0.4) is 0 Å². The van der Waals surface area contributed by atoms with Crippen LogP contribution < -0.4 is 11.1 Å². The van der Waals surface area contributed by atoms with Gasteiger partial charge in [-0.05, 0) is 31.4 Å². The van der Waals surface area contributed by atoms with Crippen molar-refractivity contribution in [2.75, 3.05) is 20.2 Å². The van der Waals surface area contributed by atoms with Crippen LogP contribution >= 0.6 is 0 Å². The topological polar surface area (TPSA) is 64.3 Å². The number of hydrogen-bond acceptors (Lipinski definition) is 3. The fourth-order valence-electron chi connectivity index (χ4n) is 2.30. The Labute approximate surface area is 119 Å². The highest BCUT2D eigenvalue weighted by atomic mass is 16.5. The van der Waals surface area contributed by atoms with Gasteiger partial charge in [-0.1, -0.05) is 24.0 Å². The molecule has 0 atom stereocenters. The first kappa shape index (κ1) is 14.6. The molecule has 2 rings (SSSR count). The van der Waals surface area contributed by atoms with Gasteiger partial charge in [0.2, 0.25) is 0 Å². The molecule has 1 fully saturated rings. The van der Waals surface area contributed by atoms with Crippen molar-refractivity contribution in [3.05, 3.63) is 35.4 Å². The molecular formula is C16H20N2O2. The minimum Gasteiger partial charge on any atom is -0.376 e. The van der Waals surface area contributed by atoms with Crippen LogP contribution in [0, 0.1) is 11.8 Å². The van der Waals surface area contributed by atoms with E-state index >= 15 is 0 Å². The molecule has 0 aliphatic heterocycles. The Balaban J connectivity index is 2.05. The summed E-state index contributed by atoms with van der Waals surface area (Å²) in [6.07, 6.45) is 3.15. The molecule has 1 aliphatic carbocycles. The Kier molecular flexibility index (Phi) is 4.78. The Morgan fingerprint density at radius 2 is 2.20 bits per heavy atom. The summed E-state index contributed by atoms with van der Waals surface area (Å²) in [5.74, 6) is 5.59. The SMILES string of the molecule is COC1(CNC(=O)c2ccccc2C#CCN)CCC1. The standard InChI is InChI=1S/C16H20N2O2/c1-20-16(9-5-10-16)12-18-15(19)14-8-3-2-6-13(14)7-4-11-17/h2-3,6,8H,5,9-12,17H2,1H3,(H,18,19). The third kappa shape index (κ3) is 3.19. The van der Waals surface area contributed by atoms with E-state index in [2.05, 4.69) is 17.2 Å². The van der Waals surface area contributed by atoms with Gasteiger partial charge < -0.3 is 15.8 Å². The van der Waals surface area contributed by atoms with Gasteiger partial charge in [-0.15, -0.1) is 0 Å². The molecule has 0 heterocycles. The van der Waals surface area contributed by atoms with Crippen LogP contribution in [0.2, 0.25) is 0 Å². The Bertz CT molecular complexity index is 533. The predicted molar refractivity (Wildman–Crippen MR) is 78.3 cm³/mol. The van der Waals surface area contributed by atoms with Crippen LogP contribution in [-0.4, -0.2) is 31.7 Å². The minimum absolute atomic E-state index is 0.116. The molecule has 1 amide bonds. The van der Waals surface area contributed by atoms with E-state index in [0.29, 0.717) is 17.7 Å². The molecule has 4 nitrogen and oxygen atoms in total. The number of nitrogens with one attached hydrogen (secondary N) is 1. The van der Waals surface area contributed by atoms with Gasteiger partial charge in [-0.3, -0.25) is 4.79 Å². The van der Waals surface area contributed by atoms with E-state index in [9.17, 15) is 4.79 Å². The normalized spacial score (nSPS) is 15.7. The highest BCUT2D eigenvalue weighted by molar-refractivity contribution is 5.96. The first-order valence-corrected chi connectivity index (χ1v) is 6.82. The van der Waals surface area contributed by atoms with Gasteiger partial charge in [-0.2, -0.15) is 0 Å². The van der Waals surface area contributed by atoms with Gasteiger partial charge in [0.25, 0.3) is 5.91 Å². The molecule has 0 bridgehead atoms. The second-order valence-corrected chi connectivity index (χ2v) is 4.97. The van der Waals surface area contributed by atoms with E-state index in [4.69, 9.17) is 10.5 Å². The number of methoxy groups -OCH3 is 1. The Morgan fingerprint density at radius 1 is 1.45 bits per heavy atom. The highest BCUT2D eigenvalue weighted by Gasteiger charge is 2.37. The van der Waals surface area contributed by atoms with E-state index in [1.807, 2.05) is 18.2 Å². The molecule has 1 aliphatic rings. The molecule has 0 radical (unpaired) electrons. The zero-order valence-corrected chi connectivity index (χ0v) is 11.7. The van der Waals surface area contributed by atoms with Crippen molar-refractivity contribution in [2.24, 2.45) is 5.73 Å². The predicted octanol–water partition coefficient (Wildman–Crippen LogP) is 1.30. The summed E-state index contributed by atoms with van der Waals surface area (Å²) in [5.41, 5.74) is 6.48. The fraction of sp³-hybridized carbons (Fsp3) is 0.438. The lowest BCUT2D eigenvalue weighted by Gasteiger charge is -2.40. The molecule has 0 aromatic heterocycles. The van der Waals surface area contributed by atoms with Crippen molar-refractivity contribution in [3.63, 3.8) is 0 Å². The van der Waals surface area contributed by atoms with E-state index < -0.39 is 0 Å². The van der Waals surface area contributed by atoms with Crippen LogP contribution in [0.1, 0.15) is 35.2 Å². The van der Waals surface area contributed by atoms with Gasteiger partial charge in [0, 0.05) is 19.2 Å². The molecule has 0 spiro atoms. The number of benzene rings is 1. The molecule has 0 unspecified atom stereocenters. The van der Waals surface area contributed by atoms with Crippen molar-refractivity contribution in [2.45, 2.75) is 24.9 Å². The lowest BCUT2D eigenvalue weighted by Crippen LogP contribution is -2.49. The summed E-state index contributed by atoms with van der Waals surface area (Å²) in [5, 5.41) is 2.95. The summed E-state index contributed by atoms with van der Waals surface area (Å²) in [7, 11) is 1.70. The second kappa shape index (κ2) is 6.56. The van der Waals surface area contributed by atoms with Crippen LogP contribution in [0.15, 0.2) is 24.3 Å². The average molecular weight is 272 g/mol. The van der Waals surface area contributed by atoms with E-state index in [-0.39, 0.29) is 18.1 Å². The van der Waals surface area contributed by atoms with Gasteiger partial charge >= 0.3 is 0 Å². The van der Waals surface area contributed by atoms with Gasteiger partial charge in [-0.25, -0.2) is 0 Å². The lowest BCUT2D eigenvalue weighted by atomic mass is 9.80. The monoisotopic (exact) mass is 272 g/mol. The molecule has 1 aromatic rings. The maximum absolute atomic E-state index is 12.3. The minimum atomic E-state index is -0.173. The number of rotatable bonds is 4. The largest absolute Gasteiger partial charge is 0.376 e. The first-order valence-electron chi connectivity index (χ1n) is 6.82. The number of ether oxygens (including phenoxy) is 1. The van der Waals surface area contributed by atoms with Crippen LogP contribution in [-0.2, 0) is 4.74 Å². The maximum atomic E-state index is 12.3. The number of carbonyl (C=O) groups is 1. The van der Waals surface area contributed by atoms with Crippen LogP contribution in [0.25, 0.3) is 0 Å². The molecule has 4 heteroatoms. The molecule has 1 saturated carbocycles. The zero-order chi connectivity index (χ0) is 14.4. The first-order chi connectivity index (χ1) is 9.71. The van der Waals surface area contributed by atoms with Crippen molar-refractivity contribution in [1.29, 1.82) is 0 Å². The fourth-order valence-corrected chi connectivity index (χ4v) is 2.30. The summed E-state index contributed by atoms with van der Waals surface area (Å²) in [6, 6.07) is 7.29. The van der Waals surface area contributed by atoms with Gasteiger partial charge in [0.05, 0.1) is 17.7 Å². The van der Waals surface area contributed by atoms with Crippen molar-refractivity contribution >= 4 is 5.91 Å². The third-order valence-electron chi connectivity index (χ3n) is 3.77. The van der Waals surface area contributed by atoms with Crippen molar-refractivity contribution in [3.8, 4) is 11.8 Å². The smallest absolute Gasteiger partial charge is 0.252 e. The number of hydrogen-bond donors (Lipinski definition) is 2. The molecular weight excluding hydrogens is 252 g/mol. The zero-order valence-electron chi connectivity index (χ0n) is 11.7. The lowest BCUT2D eigenvalue weighted by molar-refractivity contribution is -0.0679. The summed E-state index contributed by atoms with van der Waals surface area (Å²) in [4.78, 5) is 12.3. The van der Waals surface area contributed by atoms with Gasteiger partial charge in [0.15, 0.2) is 0 Å².